The monoisotopic (exact) mass is 391 g/mol. The Kier molecular flexibility index (Phi) is 4.96. The standard InChI is InChI=1S/C18H25N5O3S/c1-2-22-15(12-6-7-12)20-21-17(22)27-11-14(25)23-10-13(24)19-16(26)18(23)8-4-3-5-9-18/h12H,2-11H2,1H3,(H,19,24,26). The van der Waals surface area contributed by atoms with Crippen molar-refractivity contribution < 1.29 is 14.4 Å². The second-order valence-corrected chi connectivity index (χ2v) is 8.54. The quantitative estimate of drug-likeness (QED) is 0.603. The minimum Gasteiger partial charge on any atom is -0.318 e. The third kappa shape index (κ3) is 3.37. The Morgan fingerprint density at radius 2 is 1.96 bits per heavy atom. The van der Waals surface area contributed by atoms with Crippen molar-refractivity contribution in [3.63, 3.8) is 0 Å². The molecular weight excluding hydrogens is 366 g/mol. The lowest BCUT2D eigenvalue weighted by Crippen LogP contribution is -2.69. The maximum Gasteiger partial charge on any atom is 0.252 e. The summed E-state index contributed by atoms with van der Waals surface area (Å²) in [5.41, 5.74) is -0.860. The molecule has 2 saturated carbocycles. The fourth-order valence-electron chi connectivity index (χ4n) is 4.21. The van der Waals surface area contributed by atoms with Gasteiger partial charge in [-0.25, -0.2) is 0 Å². The molecule has 3 amide bonds. The van der Waals surface area contributed by atoms with Gasteiger partial charge in [0.1, 0.15) is 17.9 Å². The Hall–Kier alpha value is -1.90. The molecular formula is C18H25N5O3S. The number of nitrogens with zero attached hydrogens (tertiary/aromatic N) is 4. The molecule has 1 N–H and O–H groups in total. The van der Waals surface area contributed by atoms with Gasteiger partial charge in [0.15, 0.2) is 5.16 Å². The summed E-state index contributed by atoms with van der Waals surface area (Å²) in [4.78, 5) is 39.0. The zero-order valence-corrected chi connectivity index (χ0v) is 16.4. The van der Waals surface area contributed by atoms with E-state index < -0.39 is 11.4 Å². The van der Waals surface area contributed by atoms with Gasteiger partial charge in [-0.3, -0.25) is 19.7 Å². The highest BCUT2D eigenvalue weighted by atomic mass is 32.2. The van der Waals surface area contributed by atoms with Crippen LogP contribution in [0.3, 0.4) is 0 Å². The number of carbonyl (C=O) groups is 3. The highest BCUT2D eigenvalue weighted by molar-refractivity contribution is 7.99. The molecule has 1 aliphatic heterocycles. The fraction of sp³-hybridized carbons (Fsp3) is 0.722. The Morgan fingerprint density at radius 1 is 1.22 bits per heavy atom. The summed E-state index contributed by atoms with van der Waals surface area (Å²) in [6.07, 6.45) is 6.40. The summed E-state index contributed by atoms with van der Waals surface area (Å²) in [5, 5.41) is 11.7. The summed E-state index contributed by atoms with van der Waals surface area (Å²) in [6, 6.07) is 0. The van der Waals surface area contributed by atoms with Crippen LogP contribution in [0.5, 0.6) is 0 Å². The second-order valence-electron chi connectivity index (χ2n) is 7.60. The van der Waals surface area contributed by atoms with Crippen LogP contribution in [0.15, 0.2) is 5.16 Å². The van der Waals surface area contributed by atoms with Gasteiger partial charge in [-0.1, -0.05) is 31.0 Å². The number of imide groups is 1. The van der Waals surface area contributed by atoms with Crippen molar-refractivity contribution in [2.45, 2.75) is 75.0 Å². The maximum atomic E-state index is 13.0. The van der Waals surface area contributed by atoms with Crippen molar-refractivity contribution in [1.82, 2.24) is 25.0 Å². The number of piperazine rings is 1. The highest BCUT2D eigenvalue weighted by Gasteiger charge is 2.50. The molecule has 2 heterocycles. The van der Waals surface area contributed by atoms with Crippen LogP contribution < -0.4 is 5.32 Å². The lowest BCUT2D eigenvalue weighted by Gasteiger charge is -2.47. The average molecular weight is 391 g/mol. The van der Waals surface area contributed by atoms with Crippen LogP contribution in [0.1, 0.15) is 63.6 Å². The van der Waals surface area contributed by atoms with Gasteiger partial charge in [-0.2, -0.15) is 0 Å². The molecule has 4 rings (SSSR count). The Balaban J connectivity index is 1.49. The Labute approximate surface area is 162 Å². The summed E-state index contributed by atoms with van der Waals surface area (Å²) < 4.78 is 2.07. The van der Waals surface area contributed by atoms with E-state index in [4.69, 9.17) is 0 Å². The Morgan fingerprint density at radius 3 is 2.63 bits per heavy atom. The lowest BCUT2D eigenvalue weighted by atomic mass is 9.78. The van der Waals surface area contributed by atoms with E-state index >= 15 is 0 Å². The number of hydrogen-bond acceptors (Lipinski definition) is 6. The first-order chi connectivity index (χ1) is 13.0. The molecule has 0 aromatic carbocycles. The van der Waals surface area contributed by atoms with Crippen LogP contribution >= 0.6 is 11.8 Å². The van der Waals surface area contributed by atoms with E-state index in [1.54, 1.807) is 0 Å². The number of hydrogen-bond donors (Lipinski definition) is 1. The number of rotatable bonds is 5. The van der Waals surface area contributed by atoms with Gasteiger partial charge in [0.2, 0.25) is 11.8 Å². The molecule has 146 valence electrons. The first-order valence-corrected chi connectivity index (χ1v) is 10.7. The van der Waals surface area contributed by atoms with Crippen molar-refractivity contribution in [1.29, 1.82) is 0 Å². The van der Waals surface area contributed by atoms with Crippen LogP contribution in [0.2, 0.25) is 0 Å². The molecule has 0 bridgehead atoms. The van der Waals surface area contributed by atoms with E-state index in [9.17, 15) is 14.4 Å². The number of aromatic nitrogens is 3. The van der Waals surface area contributed by atoms with Crippen molar-refractivity contribution in [2.24, 2.45) is 0 Å². The molecule has 1 saturated heterocycles. The summed E-state index contributed by atoms with van der Waals surface area (Å²) in [6.45, 7) is 2.77. The van der Waals surface area contributed by atoms with E-state index in [0.717, 1.165) is 49.6 Å². The molecule has 1 spiro atoms. The molecule has 8 nitrogen and oxygen atoms in total. The normalized spacial score (nSPS) is 22.2. The SMILES string of the molecule is CCn1c(SCC(=O)N2CC(=O)NC(=O)C23CCCCC3)nnc1C1CC1. The molecule has 3 aliphatic rings. The van der Waals surface area contributed by atoms with E-state index in [2.05, 4.69) is 20.1 Å². The number of amides is 3. The van der Waals surface area contributed by atoms with E-state index in [-0.39, 0.29) is 24.1 Å². The first kappa shape index (κ1) is 18.5. The summed E-state index contributed by atoms with van der Waals surface area (Å²) in [5.74, 6) is 0.765. The largest absolute Gasteiger partial charge is 0.318 e. The van der Waals surface area contributed by atoms with Crippen molar-refractivity contribution >= 4 is 29.5 Å². The van der Waals surface area contributed by atoms with Crippen LogP contribution in [-0.2, 0) is 20.9 Å². The van der Waals surface area contributed by atoms with Gasteiger partial charge in [0.05, 0.1) is 5.75 Å². The minimum absolute atomic E-state index is 0.0427. The fourth-order valence-corrected chi connectivity index (χ4v) is 5.10. The highest BCUT2D eigenvalue weighted by Crippen LogP contribution is 2.40. The molecule has 1 aromatic heterocycles. The molecule has 0 radical (unpaired) electrons. The van der Waals surface area contributed by atoms with E-state index in [1.807, 2.05) is 6.92 Å². The zero-order chi connectivity index (χ0) is 19.0. The molecule has 1 aromatic rings. The summed E-state index contributed by atoms with van der Waals surface area (Å²) in [7, 11) is 0. The first-order valence-electron chi connectivity index (χ1n) is 9.76. The minimum atomic E-state index is -0.860. The van der Waals surface area contributed by atoms with Crippen molar-refractivity contribution in [3.05, 3.63) is 5.82 Å². The van der Waals surface area contributed by atoms with Gasteiger partial charge in [-0.05, 0) is 32.6 Å². The van der Waals surface area contributed by atoms with Crippen LogP contribution in [0, 0.1) is 0 Å². The predicted molar refractivity (Wildman–Crippen MR) is 99.1 cm³/mol. The van der Waals surface area contributed by atoms with Crippen LogP contribution in [0.25, 0.3) is 0 Å². The summed E-state index contributed by atoms with van der Waals surface area (Å²) >= 11 is 1.34. The van der Waals surface area contributed by atoms with Crippen molar-refractivity contribution in [3.8, 4) is 0 Å². The maximum absolute atomic E-state index is 13.0. The molecule has 2 aliphatic carbocycles. The average Bonchev–Trinajstić information content (AvgIpc) is 3.43. The van der Waals surface area contributed by atoms with Crippen LogP contribution in [0.4, 0.5) is 0 Å². The predicted octanol–water partition coefficient (Wildman–Crippen LogP) is 1.46. The third-order valence-electron chi connectivity index (χ3n) is 5.80. The third-order valence-corrected chi connectivity index (χ3v) is 6.76. The topological polar surface area (TPSA) is 97.2 Å². The van der Waals surface area contributed by atoms with Crippen LogP contribution in [-0.4, -0.2) is 55.2 Å². The van der Waals surface area contributed by atoms with Crippen molar-refractivity contribution in [2.75, 3.05) is 12.3 Å². The molecule has 0 atom stereocenters. The Bertz CT molecular complexity index is 767. The molecule has 9 heteroatoms. The number of nitrogens with one attached hydrogen (secondary N) is 1. The molecule has 0 unspecified atom stereocenters. The van der Waals surface area contributed by atoms with E-state index in [0.29, 0.717) is 18.8 Å². The smallest absolute Gasteiger partial charge is 0.252 e. The van der Waals surface area contributed by atoms with Gasteiger partial charge in [-0.15, -0.1) is 10.2 Å². The van der Waals surface area contributed by atoms with Gasteiger partial charge < -0.3 is 9.47 Å². The van der Waals surface area contributed by atoms with E-state index in [1.165, 1.54) is 16.7 Å². The number of carbonyl (C=O) groups excluding carboxylic acids is 3. The van der Waals surface area contributed by atoms with Gasteiger partial charge >= 0.3 is 0 Å². The lowest BCUT2D eigenvalue weighted by molar-refractivity contribution is -0.158. The molecule has 27 heavy (non-hydrogen) atoms. The zero-order valence-electron chi connectivity index (χ0n) is 15.6. The van der Waals surface area contributed by atoms with Gasteiger partial charge in [0, 0.05) is 12.5 Å². The van der Waals surface area contributed by atoms with Gasteiger partial charge in [0.25, 0.3) is 5.91 Å². The molecule has 3 fully saturated rings. The second kappa shape index (κ2) is 7.26. The number of thioether (sulfide) groups is 1.